The van der Waals surface area contributed by atoms with Crippen LogP contribution in [0.5, 0.6) is 0 Å². The number of anilines is 2. The molecule has 0 spiro atoms. The minimum absolute atomic E-state index is 0.0754. The average Bonchev–Trinajstić information content (AvgIpc) is 3.06. The lowest BCUT2D eigenvalue weighted by Crippen LogP contribution is -2.16. The van der Waals surface area contributed by atoms with Crippen LogP contribution in [0.3, 0.4) is 0 Å². The summed E-state index contributed by atoms with van der Waals surface area (Å²) in [5.41, 5.74) is 1.79. The first-order valence-corrected chi connectivity index (χ1v) is 10.4. The maximum Gasteiger partial charge on any atom is 0.341 e. The number of rotatable bonds is 6. The molecule has 6 nitrogen and oxygen atoms in total. The normalized spacial score (nSPS) is 10.5. The van der Waals surface area contributed by atoms with Gasteiger partial charge in [0.2, 0.25) is 0 Å². The molecule has 0 saturated heterocycles. The number of thiophene rings is 1. The molecule has 0 atom stereocenters. The number of amides is 2. The van der Waals surface area contributed by atoms with Crippen LogP contribution in [0.4, 0.5) is 15.1 Å². The van der Waals surface area contributed by atoms with Gasteiger partial charge in [-0.2, -0.15) is 0 Å². The van der Waals surface area contributed by atoms with Gasteiger partial charge in [0.25, 0.3) is 11.8 Å². The highest BCUT2D eigenvalue weighted by atomic mass is 32.1. The molecule has 2 N–H and O–H groups in total. The zero-order chi connectivity index (χ0) is 22.5. The first kappa shape index (κ1) is 22.2. The van der Waals surface area contributed by atoms with Crippen LogP contribution in [0, 0.1) is 19.7 Å². The Balaban J connectivity index is 1.97. The quantitative estimate of drug-likeness (QED) is 0.517. The van der Waals surface area contributed by atoms with E-state index in [0.29, 0.717) is 11.3 Å². The van der Waals surface area contributed by atoms with Crippen molar-refractivity contribution < 1.29 is 23.5 Å². The van der Waals surface area contributed by atoms with Gasteiger partial charge in [-0.25, -0.2) is 9.18 Å². The molecule has 1 aromatic heterocycles. The summed E-state index contributed by atoms with van der Waals surface area (Å²) < 4.78 is 19.1. The van der Waals surface area contributed by atoms with Crippen molar-refractivity contribution in [2.24, 2.45) is 0 Å². The van der Waals surface area contributed by atoms with Crippen molar-refractivity contribution in [2.45, 2.75) is 20.8 Å². The second-order valence-electron chi connectivity index (χ2n) is 6.68. The molecule has 1 heterocycles. The summed E-state index contributed by atoms with van der Waals surface area (Å²) in [5, 5.41) is 5.50. The van der Waals surface area contributed by atoms with Crippen molar-refractivity contribution in [3.63, 3.8) is 0 Å². The van der Waals surface area contributed by atoms with Gasteiger partial charge in [-0.3, -0.25) is 9.59 Å². The molecule has 2 aromatic carbocycles. The highest BCUT2D eigenvalue weighted by Gasteiger charge is 2.27. The lowest BCUT2D eigenvalue weighted by atomic mass is 10.1. The molecule has 0 aliphatic heterocycles. The topological polar surface area (TPSA) is 84.5 Å². The predicted molar refractivity (Wildman–Crippen MR) is 118 cm³/mol. The Kier molecular flexibility index (Phi) is 6.81. The first-order chi connectivity index (χ1) is 14.8. The number of esters is 1. The number of halogens is 1. The van der Waals surface area contributed by atoms with Gasteiger partial charge in [-0.15, -0.1) is 11.3 Å². The number of carbonyl (C=O) groups is 3. The van der Waals surface area contributed by atoms with Gasteiger partial charge in [0, 0.05) is 5.69 Å². The minimum Gasteiger partial charge on any atom is -0.462 e. The van der Waals surface area contributed by atoms with Gasteiger partial charge in [-0.05, 0) is 50.1 Å². The number of ether oxygens (including phenoxy) is 1. The van der Waals surface area contributed by atoms with Gasteiger partial charge in [0.1, 0.15) is 10.8 Å². The number of benzene rings is 2. The van der Waals surface area contributed by atoms with E-state index in [0.717, 1.165) is 16.9 Å². The third-order valence-corrected chi connectivity index (χ3v) is 5.78. The largest absolute Gasteiger partial charge is 0.462 e. The highest BCUT2D eigenvalue weighted by Crippen LogP contribution is 2.35. The van der Waals surface area contributed by atoms with Crippen molar-refractivity contribution in [2.75, 3.05) is 17.2 Å². The van der Waals surface area contributed by atoms with Crippen molar-refractivity contribution in [1.29, 1.82) is 0 Å². The Hall–Kier alpha value is -3.52. The minimum atomic E-state index is -0.726. The molecule has 3 rings (SSSR count). The van der Waals surface area contributed by atoms with Crippen LogP contribution < -0.4 is 10.6 Å². The zero-order valence-electron chi connectivity index (χ0n) is 17.2. The lowest BCUT2D eigenvalue weighted by Gasteiger charge is -2.08. The molecule has 160 valence electrons. The molecule has 0 unspecified atom stereocenters. The fraction of sp³-hybridized carbons (Fsp3) is 0.174. The lowest BCUT2D eigenvalue weighted by molar-refractivity contribution is 0.0527. The van der Waals surface area contributed by atoms with Gasteiger partial charge >= 0.3 is 5.97 Å². The third kappa shape index (κ3) is 4.80. The van der Waals surface area contributed by atoms with Crippen molar-refractivity contribution >= 4 is 39.8 Å². The summed E-state index contributed by atoms with van der Waals surface area (Å²) in [6.45, 7) is 5.25. The van der Waals surface area contributed by atoms with Crippen LogP contribution in [-0.4, -0.2) is 24.4 Å². The molecule has 3 aromatic rings. The second-order valence-corrected chi connectivity index (χ2v) is 7.70. The smallest absolute Gasteiger partial charge is 0.341 e. The molecule has 0 saturated carbocycles. The Morgan fingerprint density at radius 3 is 2.32 bits per heavy atom. The molecule has 0 bridgehead atoms. The molecular formula is C23H21FN2O4S. The summed E-state index contributed by atoms with van der Waals surface area (Å²) in [4.78, 5) is 38.3. The molecule has 0 aliphatic rings. The summed E-state index contributed by atoms with van der Waals surface area (Å²) >= 11 is 0.935. The van der Waals surface area contributed by atoms with E-state index < -0.39 is 23.6 Å². The average molecular weight is 440 g/mol. The zero-order valence-corrected chi connectivity index (χ0v) is 18.1. The van der Waals surface area contributed by atoms with Gasteiger partial charge in [0.15, 0.2) is 0 Å². The van der Waals surface area contributed by atoms with E-state index in [-0.39, 0.29) is 27.6 Å². The van der Waals surface area contributed by atoms with Gasteiger partial charge in [-0.1, -0.05) is 30.3 Å². The Bertz CT molecular complexity index is 1160. The Morgan fingerprint density at radius 1 is 0.968 bits per heavy atom. The van der Waals surface area contributed by atoms with Crippen molar-refractivity contribution in [1.82, 2.24) is 0 Å². The van der Waals surface area contributed by atoms with E-state index in [1.54, 1.807) is 26.0 Å². The van der Waals surface area contributed by atoms with Crippen LogP contribution in [0.15, 0.2) is 48.5 Å². The van der Waals surface area contributed by atoms with Crippen molar-refractivity contribution in [3.05, 3.63) is 81.5 Å². The van der Waals surface area contributed by atoms with E-state index >= 15 is 0 Å². The number of para-hydroxylation sites is 1. The summed E-state index contributed by atoms with van der Waals surface area (Å²) in [5.74, 6) is -2.51. The van der Waals surface area contributed by atoms with Crippen LogP contribution in [0.1, 0.15) is 48.4 Å². The Morgan fingerprint density at radius 2 is 1.65 bits per heavy atom. The molecular weight excluding hydrogens is 419 g/mol. The summed E-state index contributed by atoms with van der Waals surface area (Å²) in [6.07, 6.45) is 0. The molecule has 0 aliphatic carbocycles. The molecule has 2 amide bonds. The van der Waals surface area contributed by atoms with Crippen LogP contribution in [0.2, 0.25) is 0 Å². The number of hydrogen-bond acceptors (Lipinski definition) is 5. The van der Waals surface area contributed by atoms with E-state index in [4.69, 9.17) is 4.74 Å². The van der Waals surface area contributed by atoms with Crippen LogP contribution in [-0.2, 0) is 4.74 Å². The van der Waals surface area contributed by atoms with Crippen LogP contribution >= 0.6 is 11.3 Å². The SMILES string of the molecule is CCOC(=O)c1c(NC(=O)c2ccccc2F)sc(C(=O)Nc2ccccc2C)c1C. The second kappa shape index (κ2) is 9.53. The predicted octanol–water partition coefficient (Wildman–Crippen LogP) is 5.19. The summed E-state index contributed by atoms with van der Waals surface area (Å²) in [6, 6.07) is 12.8. The van der Waals surface area contributed by atoms with E-state index in [1.165, 1.54) is 24.3 Å². The number of hydrogen-bond donors (Lipinski definition) is 2. The molecule has 8 heteroatoms. The van der Waals surface area contributed by atoms with Gasteiger partial charge in [0.05, 0.1) is 22.6 Å². The summed E-state index contributed by atoms with van der Waals surface area (Å²) in [7, 11) is 0. The molecule has 0 radical (unpaired) electrons. The third-order valence-electron chi connectivity index (χ3n) is 4.57. The van der Waals surface area contributed by atoms with Gasteiger partial charge < -0.3 is 15.4 Å². The fourth-order valence-electron chi connectivity index (χ4n) is 2.98. The number of nitrogens with one attached hydrogen (secondary N) is 2. The monoisotopic (exact) mass is 440 g/mol. The molecule has 31 heavy (non-hydrogen) atoms. The highest BCUT2D eigenvalue weighted by molar-refractivity contribution is 7.19. The number of carbonyl (C=O) groups excluding carboxylic acids is 3. The maximum atomic E-state index is 14.0. The fourth-order valence-corrected chi connectivity index (χ4v) is 4.06. The van der Waals surface area contributed by atoms with Crippen LogP contribution in [0.25, 0.3) is 0 Å². The van der Waals surface area contributed by atoms with E-state index in [9.17, 15) is 18.8 Å². The Labute approximate surface area is 183 Å². The van der Waals surface area contributed by atoms with Crippen molar-refractivity contribution in [3.8, 4) is 0 Å². The molecule has 0 fully saturated rings. The number of aryl methyl sites for hydroxylation is 1. The van der Waals surface area contributed by atoms with E-state index in [1.807, 2.05) is 19.1 Å². The van der Waals surface area contributed by atoms with E-state index in [2.05, 4.69) is 10.6 Å². The standard InChI is InChI=1S/C23H21FN2O4S/c1-4-30-23(29)18-14(3)19(21(28)25-17-12-8-5-9-13(17)2)31-22(18)26-20(27)15-10-6-7-11-16(15)24/h5-12H,4H2,1-3H3,(H,25,28)(H,26,27). The maximum absolute atomic E-state index is 14.0. The first-order valence-electron chi connectivity index (χ1n) is 9.56.